The van der Waals surface area contributed by atoms with Gasteiger partial charge in [-0.2, -0.15) is 0 Å². The Balaban J connectivity index is 5.17. The minimum atomic E-state index is -3.56. The summed E-state index contributed by atoms with van der Waals surface area (Å²) in [6.07, 6.45) is 8.26. The fourth-order valence-corrected chi connectivity index (χ4v) is 68.4. The van der Waals surface area contributed by atoms with Gasteiger partial charge in [0.2, 0.25) is 0 Å². The lowest BCUT2D eigenvalue weighted by molar-refractivity contribution is 0.237. The second-order valence-corrected chi connectivity index (χ2v) is 57.4. The Morgan fingerprint density at radius 3 is 0.273 bits per heavy atom. The molecule has 0 spiro atoms. The van der Waals surface area contributed by atoms with Crippen LogP contribution < -0.4 is 0 Å². The molecule has 0 saturated carbocycles. The van der Waals surface area contributed by atoms with E-state index in [1.165, 1.54) is 0 Å². The molecule has 22 heteroatoms. The van der Waals surface area contributed by atoms with Crippen LogP contribution in [0, 0.1) is 0 Å². The molecule has 1 rings (SSSR count). The lowest BCUT2D eigenvalue weighted by Crippen LogP contribution is -2.68. The summed E-state index contributed by atoms with van der Waals surface area (Å²) >= 11 is 0. The highest BCUT2D eigenvalue weighted by Gasteiger charge is 2.62. The highest BCUT2D eigenvalue weighted by atomic mass is 28.5. The minimum absolute atomic E-state index is 0.579. The Bertz CT molecular complexity index is 1430. The van der Waals surface area contributed by atoms with Crippen molar-refractivity contribution in [2.24, 2.45) is 0 Å². The van der Waals surface area contributed by atoms with E-state index in [1.807, 2.05) is 62.7 Å². The first-order valence-corrected chi connectivity index (χ1v) is 52.4. The fourth-order valence-electron chi connectivity index (χ4n) is 10.4. The van der Waals surface area contributed by atoms with Crippen LogP contribution in [0.3, 0.4) is 0 Å². The van der Waals surface area contributed by atoms with E-state index in [-0.39, 0.29) is 0 Å². The molecule has 1 aliphatic heterocycles. The molecule has 0 unspecified atom stereocenters. The Kier molecular flexibility index (Phi) is 33.3. The lowest BCUT2D eigenvalue weighted by Gasteiger charge is -2.50. The van der Waals surface area contributed by atoms with Crippen LogP contribution in [0.15, 0.2) is 135 Å². The highest BCUT2D eigenvalue weighted by molar-refractivity contribution is 7.01. The van der Waals surface area contributed by atoms with Crippen molar-refractivity contribution in [1.82, 2.24) is 0 Å². The van der Waals surface area contributed by atoms with Gasteiger partial charge in [-0.05, 0) is 66.5 Å². The van der Waals surface area contributed by atoms with E-state index in [0.717, 1.165) is 70.6 Å². The van der Waals surface area contributed by atoms with Crippen LogP contribution in [0.5, 0.6) is 0 Å². The van der Waals surface area contributed by atoms with E-state index in [0.29, 0.717) is 66.5 Å². The first-order chi connectivity index (χ1) is 36.6. The van der Waals surface area contributed by atoms with E-state index in [4.69, 9.17) is 45.3 Å². The summed E-state index contributed by atoms with van der Waals surface area (Å²) in [6.45, 7) is 73.4. The van der Waals surface area contributed by atoms with Crippen LogP contribution in [-0.4, -0.2) is 94.2 Å². The van der Waals surface area contributed by atoms with Gasteiger partial charge in [0.1, 0.15) is 0 Å². The summed E-state index contributed by atoms with van der Waals surface area (Å²) in [5.74, 6) is 0. The predicted molar refractivity (Wildman–Crippen MR) is 353 cm³/mol. The van der Waals surface area contributed by atoms with Gasteiger partial charge in [0.25, 0.3) is 0 Å². The molecule has 0 atom stereocenters. The molecule has 0 amide bonds. The van der Waals surface area contributed by atoms with Gasteiger partial charge in [-0.1, -0.05) is 209 Å². The Morgan fingerprint density at radius 2 is 0.234 bits per heavy atom. The van der Waals surface area contributed by atoms with E-state index in [1.54, 1.807) is 0 Å². The Hall–Kier alpha value is -0.914. The van der Waals surface area contributed by atoms with Crippen LogP contribution in [0.4, 0.5) is 0 Å². The third-order valence-electron chi connectivity index (χ3n) is 13.8. The number of rotatable bonds is 33. The molecule has 0 aliphatic carbocycles. The van der Waals surface area contributed by atoms with Gasteiger partial charge in [0.15, 0.2) is 0 Å². The zero-order chi connectivity index (χ0) is 58.6. The van der Waals surface area contributed by atoms with Crippen LogP contribution in [0.1, 0.15) is 147 Å². The molecule has 1 heterocycles. The van der Waals surface area contributed by atoms with E-state index >= 15 is 0 Å². The molecule has 1 aliphatic rings. The van der Waals surface area contributed by atoms with Crippen LogP contribution in [0.25, 0.3) is 0 Å². The van der Waals surface area contributed by atoms with Crippen molar-refractivity contribution < 1.29 is 45.3 Å². The van der Waals surface area contributed by atoms with Gasteiger partial charge >= 0.3 is 94.2 Å². The molecule has 0 N–H and O–H groups in total. The topological polar surface area (TPSA) is 102 Å². The maximum absolute atomic E-state index is 7.83. The predicted octanol–water partition coefficient (Wildman–Crippen LogP) is 17.5. The standard InChI is InChI=1S/C55H110O11Si11/c1-23-45-67(34-12)56-68(35-13,46-24-2)58-70(37-15,48-26-4)60-72(39-17,50-28-6)62-74(41-19,52-30-8)64-76(43-21,54-32-10)66-77(44-22,55-33-11)65-75(42-20,53-31-9)63-73(40-18,51-29-7)61-71(38-16,49-27-5)59-69(36-14,57-67)47-25-3/h34-44H,12-33,45-55H2,1-11H3. The zero-order valence-electron chi connectivity index (χ0n) is 50.7. The second-order valence-electron chi connectivity index (χ2n) is 20.5. The number of hydrogen-bond donors (Lipinski definition) is 0. The van der Waals surface area contributed by atoms with Crippen molar-refractivity contribution in [3.8, 4) is 0 Å². The van der Waals surface area contributed by atoms with Crippen molar-refractivity contribution in [2.75, 3.05) is 0 Å². The second kappa shape index (κ2) is 34.6. The van der Waals surface area contributed by atoms with Crippen molar-refractivity contribution in [3.05, 3.63) is 135 Å². The van der Waals surface area contributed by atoms with Crippen molar-refractivity contribution in [3.63, 3.8) is 0 Å². The molecule has 77 heavy (non-hydrogen) atoms. The molecule has 11 nitrogen and oxygen atoms in total. The van der Waals surface area contributed by atoms with Crippen LogP contribution >= 0.6 is 0 Å². The SMILES string of the molecule is C=C[Si]1(CCC)O[Si](C=C)(CCC)O[Si](C=C)(CCC)O[Si](C=C)(CCC)O[Si](C=C)(CCC)O[Si](C=C)(CCC)O[Si](C=C)(CCC)O[Si](C=C)(CCC)O[Si](C=C)(CCC)O[Si](C=C)(CCC)O[Si](C=C)(CCC)O1. The molecular weight excluding hydrogens is 1150 g/mol. The molecule has 0 aromatic rings. The maximum Gasteiger partial charge on any atom is 0.347 e. The average Bonchev–Trinajstić information content (AvgIpc) is 3.41. The van der Waals surface area contributed by atoms with Gasteiger partial charge in [-0.25, -0.2) is 0 Å². The van der Waals surface area contributed by atoms with Gasteiger partial charge in [-0.15, -0.1) is 72.4 Å². The Morgan fingerprint density at radius 1 is 0.169 bits per heavy atom. The summed E-state index contributed by atoms with van der Waals surface area (Å²) < 4.78 is 86.2. The van der Waals surface area contributed by atoms with Crippen LogP contribution in [-0.2, 0) is 45.3 Å². The maximum atomic E-state index is 7.83. The van der Waals surface area contributed by atoms with Gasteiger partial charge in [0, 0.05) is 0 Å². The minimum Gasteiger partial charge on any atom is -0.409 e. The molecular formula is C55H110O11Si11. The van der Waals surface area contributed by atoms with Crippen molar-refractivity contribution in [1.29, 1.82) is 0 Å². The molecule has 0 radical (unpaired) electrons. The largest absolute Gasteiger partial charge is 0.409 e. The van der Waals surface area contributed by atoms with Crippen molar-refractivity contribution >= 4 is 94.2 Å². The molecule has 0 aromatic carbocycles. The Labute approximate surface area is 484 Å². The quantitative estimate of drug-likeness (QED) is 0.0587. The number of hydrogen-bond acceptors (Lipinski definition) is 11. The molecule has 1 saturated heterocycles. The van der Waals surface area contributed by atoms with Gasteiger partial charge in [-0.3, -0.25) is 0 Å². The first-order valence-electron chi connectivity index (χ1n) is 29.3. The fraction of sp³-hybridized carbons (Fsp3) is 0.600. The molecule has 1 fully saturated rings. The van der Waals surface area contributed by atoms with E-state index in [9.17, 15) is 0 Å². The summed E-state index contributed by atoms with van der Waals surface area (Å²) in [4.78, 5) is 0. The summed E-state index contributed by atoms with van der Waals surface area (Å²) in [5.41, 5.74) is 21.1. The van der Waals surface area contributed by atoms with Gasteiger partial charge < -0.3 is 45.3 Å². The monoisotopic (exact) mass is 1250 g/mol. The summed E-state index contributed by atoms with van der Waals surface area (Å²) in [6, 6.07) is 6.37. The summed E-state index contributed by atoms with van der Waals surface area (Å²) in [7, 11) is -39.2. The van der Waals surface area contributed by atoms with Crippen LogP contribution in [0.2, 0.25) is 66.5 Å². The third kappa shape index (κ3) is 19.9. The van der Waals surface area contributed by atoms with E-state index < -0.39 is 94.2 Å². The lowest BCUT2D eigenvalue weighted by atomic mass is 10.6. The normalized spacial score (nSPS) is 36.1. The van der Waals surface area contributed by atoms with Crippen molar-refractivity contribution in [2.45, 2.75) is 213 Å². The van der Waals surface area contributed by atoms with E-state index in [2.05, 4.69) is 149 Å². The first kappa shape index (κ1) is 74.1. The average molecular weight is 1260 g/mol. The van der Waals surface area contributed by atoms with Gasteiger partial charge in [0.05, 0.1) is 0 Å². The molecule has 0 bridgehead atoms. The molecule has 0 aromatic heterocycles. The smallest absolute Gasteiger partial charge is 0.347 e. The highest BCUT2D eigenvalue weighted by Crippen LogP contribution is 2.43. The summed E-state index contributed by atoms with van der Waals surface area (Å²) in [5, 5.41) is 0. The third-order valence-corrected chi connectivity index (χ3v) is 64.2. The zero-order valence-corrected chi connectivity index (χ0v) is 61.7. The molecule has 440 valence electrons.